The molecule has 0 aliphatic heterocycles. The summed E-state index contributed by atoms with van der Waals surface area (Å²) in [7, 11) is -0.166. The zero-order valence-electron chi connectivity index (χ0n) is 8.08. The Bertz CT molecular complexity index is 490. The number of nitrogens with zero attached hydrogens (tertiary/aromatic N) is 2. The van der Waals surface area contributed by atoms with Crippen molar-refractivity contribution in [1.29, 1.82) is 0 Å². The monoisotopic (exact) mass is 204 g/mol. The third-order valence-corrected chi connectivity index (χ3v) is 2.08. The van der Waals surface area contributed by atoms with Crippen LogP contribution in [0.25, 0.3) is 10.9 Å². The molecule has 0 aromatic carbocycles. The Balaban J connectivity index is 2.69. The van der Waals surface area contributed by atoms with E-state index in [1.807, 2.05) is 0 Å². The van der Waals surface area contributed by atoms with Crippen molar-refractivity contribution < 1.29 is 14.8 Å². The SMILES string of the molecule is COc1nc2cnccc2cc1B(O)O. The Morgan fingerprint density at radius 3 is 2.87 bits per heavy atom. The second kappa shape index (κ2) is 3.84. The van der Waals surface area contributed by atoms with Crippen LogP contribution in [0.4, 0.5) is 0 Å². The molecule has 0 amide bonds. The van der Waals surface area contributed by atoms with Gasteiger partial charge in [0.25, 0.3) is 0 Å². The van der Waals surface area contributed by atoms with E-state index in [-0.39, 0.29) is 11.3 Å². The van der Waals surface area contributed by atoms with E-state index in [1.165, 1.54) is 7.11 Å². The van der Waals surface area contributed by atoms with Crippen molar-refractivity contribution >= 4 is 23.5 Å². The maximum atomic E-state index is 9.12. The first-order chi connectivity index (χ1) is 7.22. The number of aromatic nitrogens is 2. The van der Waals surface area contributed by atoms with Crippen LogP contribution in [0.15, 0.2) is 24.5 Å². The predicted molar refractivity (Wildman–Crippen MR) is 55.9 cm³/mol. The molecule has 0 atom stereocenters. The van der Waals surface area contributed by atoms with E-state index in [4.69, 9.17) is 14.8 Å². The second-order valence-electron chi connectivity index (χ2n) is 3.03. The minimum atomic E-state index is -1.59. The smallest absolute Gasteiger partial charge is 0.481 e. The average molecular weight is 204 g/mol. The van der Waals surface area contributed by atoms with Crippen molar-refractivity contribution in [2.24, 2.45) is 0 Å². The fourth-order valence-corrected chi connectivity index (χ4v) is 1.36. The molecule has 0 saturated heterocycles. The van der Waals surface area contributed by atoms with Gasteiger partial charge in [-0.15, -0.1) is 0 Å². The van der Waals surface area contributed by atoms with Crippen LogP contribution in [-0.4, -0.2) is 34.2 Å². The van der Waals surface area contributed by atoms with Crippen LogP contribution < -0.4 is 10.2 Å². The lowest BCUT2D eigenvalue weighted by atomic mass is 9.80. The molecule has 2 aromatic heterocycles. The van der Waals surface area contributed by atoms with E-state index < -0.39 is 7.12 Å². The maximum Gasteiger partial charge on any atom is 0.494 e. The summed E-state index contributed by atoms with van der Waals surface area (Å²) >= 11 is 0. The Morgan fingerprint density at radius 1 is 1.40 bits per heavy atom. The molecule has 0 spiro atoms. The van der Waals surface area contributed by atoms with Gasteiger partial charge >= 0.3 is 7.12 Å². The van der Waals surface area contributed by atoms with Crippen LogP contribution in [0, 0.1) is 0 Å². The topological polar surface area (TPSA) is 75.5 Å². The highest BCUT2D eigenvalue weighted by Crippen LogP contribution is 2.13. The van der Waals surface area contributed by atoms with Crippen LogP contribution in [0.3, 0.4) is 0 Å². The van der Waals surface area contributed by atoms with Crippen molar-refractivity contribution in [3.63, 3.8) is 0 Å². The number of ether oxygens (including phenoxy) is 1. The molecule has 0 fully saturated rings. The summed E-state index contributed by atoms with van der Waals surface area (Å²) in [5, 5.41) is 19.0. The average Bonchev–Trinajstić information content (AvgIpc) is 2.27. The zero-order chi connectivity index (χ0) is 10.8. The van der Waals surface area contributed by atoms with Crippen LogP contribution in [-0.2, 0) is 0 Å². The van der Waals surface area contributed by atoms with Crippen molar-refractivity contribution in [3.8, 4) is 5.88 Å². The van der Waals surface area contributed by atoms with E-state index in [0.29, 0.717) is 5.52 Å². The van der Waals surface area contributed by atoms with Gasteiger partial charge in [-0.1, -0.05) is 0 Å². The van der Waals surface area contributed by atoms with Crippen LogP contribution >= 0.6 is 0 Å². The molecule has 2 rings (SSSR count). The molecule has 0 unspecified atom stereocenters. The Morgan fingerprint density at radius 2 is 2.20 bits per heavy atom. The van der Waals surface area contributed by atoms with Crippen molar-refractivity contribution in [3.05, 3.63) is 24.5 Å². The van der Waals surface area contributed by atoms with Gasteiger partial charge in [0.2, 0.25) is 5.88 Å². The summed E-state index contributed by atoms with van der Waals surface area (Å²) in [6.45, 7) is 0. The van der Waals surface area contributed by atoms with Gasteiger partial charge in [0.05, 0.1) is 18.8 Å². The molecular weight excluding hydrogens is 195 g/mol. The van der Waals surface area contributed by atoms with Gasteiger partial charge in [-0.25, -0.2) is 4.98 Å². The van der Waals surface area contributed by atoms with E-state index in [2.05, 4.69) is 9.97 Å². The second-order valence-corrected chi connectivity index (χ2v) is 3.03. The quantitative estimate of drug-likeness (QED) is 0.633. The molecule has 2 aromatic rings. The number of hydrogen-bond acceptors (Lipinski definition) is 5. The molecule has 76 valence electrons. The van der Waals surface area contributed by atoms with Crippen molar-refractivity contribution in [2.45, 2.75) is 0 Å². The molecule has 15 heavy (non-hydrogen) atoms. The van der Waals surface area contributed by atoms with Gasteiger partial charge in [-0.05, 0) is 12.1 Å². The molecule has 6 heteroatoms. The normalized spacial score (nSPS) is 10.3. The summed E-state index contributed by atoms with van der Waals surface area (Å²) in [4.78, 5) is 8.03. The van der Waals surface area contributed by atoms with E-state index in [1.54, 1.807) is 24.5 Å². The first-order valence-corrected chi connectivity index (χ1v) is 4.37. The van der Waals surface area contributed by atoms with Crippen molar-refractivity contribution in [1.82, 2.24) is 9.97 Å². The third-order valence-electron chi connectivity index (χ3n) is 2.08. The molecule has 0 aliphatic carbocycles. The highest BCUT2D eigenvalue weighted by Gasteiger charge is 2.18. The van der Waals surface area contributed by atoms with E-state index in [9.17, 15) is 0 Å². The minimum absolute atomic E-state index is 0.200. The molecule has 2 heterocycles. The fourth-order valence-electron chi connectivity index (χ4n) is 1.36. The first kappa shape index (κ1) is 9.88. The molecule has 2 N–H and O–H groups in total. The van der Waals surface area contributed by atoms with Crippen LogP contribution in [0.1, 0.15) is 0 Å². The van der Waals surface area contributed by atoms with Gasteiger partial charge in [0.15, 0.2) is 0 Å². The predicted octanol–water partition coefficient (Wildman–Crippen LogP) is -0.682. The third kappa shape index (κ3) is 1.77. The summed E-state index contributed by atoms with van der Waals surface area (Å²) in [5.74, 6) is 0.200. The first-order valence-electron chi connectivity index (χ1n) is 4.37. The van der Waals surface area contributed by atoms with Gasteiger partial charge in [0, 0.05) is 17.0 Å². The van der Waals surface area contributed by atoms with Crippen LogP contribution in [0.2, 0.25) is 0 Å². The molecule has 0 saturated carbocycles. The van der Waals surface area contributed by atoms with E-state index in [0.717, 1.165) is 5.39 Å². The number of fused-ring (bicyclic) bond motifs is 1. The zero-order valence-corrected chi connectivity index (χ0v) is 8.08. The Labute approximate surface area is 86.5 Å². The number of pyridine rings is 2. The largest absolute Gasteiger partial charge is 0.494 e. The Kier molecular flexibility index (Phi) is 2.53. The fraction of sp³-hybridized carbons (Fsp3) is 0.111. The summed E-state index contributed by atoms with van der Waals surface area (Å²) in [6, 6.07) is 3.36. The number of hydrogen-bond donors (Lipinski definition) is 2. The molecular formula is C9H9BN2O3. The summed E-state index contributed by atoms with van der Waals surface area (Å²) < 4.78 is 4.96. The lowest BCUT2D eigenvalue weighted by molar-refractivity contribution is 0.392. The summed E-state index contributed by atoms with van der Waals surface area (Å²) in [6.07, 6.45) is 3.20. The lowest BCUT2D eigenvalue weighted by Gasteiger charge is -2.07. The molecule has 0 aliphatic rings. The maximum absolute atomic E-state index is 9.12. The van der Waals surface area contributed by atoms with Crippen LogP contribution in [0.5, 0.6) is 5.88 Å². The van der Waals surface area contributed by atoms with Crippen molar-refractivity contribution in [2.75, 3.05) is 7.11 Å². The van der Waals surface area contributed by atoms with Gasteiger partial charge in [-0.2, -0.15) is 0 Å². The molecule has 0 radical (unpaired) electrons. The molecule has 5 nitrogen and oxygen atoms in total. The Hall–Kier alpha value is -1.66. The minimum Gasteiger partial charge on any atom is -0.481 e. The van der Waals surface area contributed by atoms with Gasteiger partial charge in [-0.3, -0.25) is 4.98 Å². The number of methoxy groups -OCH3 is 1. The highest BCUT2D eigenvalue weighted by atomic mass is 16.5. The molecule has 0 bridgehead atoms. The van der Waals surface area contributed by atoms with Gasteiger partial charge < -0.3 is 14.8 Å². The van der Waals surface area contributed by atoms with Gasteiger partial charge in [0.1, 0.15) is 0 Å². The highest BCUT2D eigenvalue weighted by molar-refractivity contribution is 6.59. The van der Waals surface area contributed by atoms with E-state index >= 15 is 0 Å². The number of rotatable bonds is 2. The summed E-state index contributed by atoms with van der Waals surface area (Å²) in [5.41, 5.74) is 0.898. The standard InChI is InChI=1S/C9H9BN2O3/c1-15-9-7(10(13)14)4-6-2-3-11-5-8(6)12-9/h2-5,13-14H,1H3. The lowest BCUT2D eigenvalue weighted by Crippen LogP contribution is -2.31.